The molecule has 1 aliphatic carbocycles. The molecule has 148 valence electrons. The molecule has 1 unspecified atom stereocenters. The molecule has 0 radical (unpaired) electrons. The predicted octanol–water partition coefficient (Wildman–Crippen LogP) is 4.29. The molecule has 1 aliphatic heterocycles. The number of hydrogen-bond donors (Lipinski definition) is 1. The zero-order valence-electron chi connectivity index (χ0n) is 17.1. The summed E-state index contributed by atoms with van der Waals surface area (Å²) in [7, 11) is 0. The minimum absolute atomic E-state index is 0.0322. The van der Waals surface area contributed by atoms with Gasteiger partial charge in [-0.2, -0.15) is 0 Å². The van der Waals surface area contributed by atoms with Crippen molar-refractivity contribution in [2.24, 2.45) is 11.8 Å². The number of hydrogen-bond acceptors (Lipinski definition) is 3. The number of alkyl carbamates (subject to hydrolysis) is 1. The van der Waals surface area contributed by atoms with Gasteiger partial charge in [0.25, 0.3) is 0 Å². The van der Waals surface area contributed by atoms with Crippen LogP contribution in [0, 0.1) is 11.8 Å². The number of carbonyl (C=O) groups excluding carboxylic acids is 2. The number of amides is 2. The van der Waals surface area contributed by atoms with Gasteiger partial charge in [0.2, 0.25) is 5.91 Å². The average Bonchev–Trinajstić information content (AvgIpc) is 2.86. The molecule has 27 heavy (non-hydrogen) atoms. The van der Waals surface area contributed by atoms with Crippen molar-refractivity contribution in [3.05, 3.63) is 35.9 Å². The number of nitrogens with zero attached hydrogens (tertiary/aromatic N) is 1. The van der Waals surface area contributed by atoms with Crippen LogP contribution in [0.1, 0.15) is 65.5 Å². The van der Waals surface area contributed by atoms with Crippen molar-refractivity contribution in [1.82, 2.24) is 10.2 Å². The fourth-order valence-corrected chi connectivity index (χ4v) is 4.46. The minimum Gasteiger partial charge on any atom is -0.444 e. The van der Waals surface area contributed by atoms with Crippen molar-refractivity contribution in [1.29, 1.82) is 0 Å². The molecule has 3 atom stereocenters. The first kappa shape index (κ1) is 19.7. The lowest BCUT2D eigenvalue weighted by Gasteiger charge is -2.48. The Bertz CT molecular complexity index is 691. The predicted molar refractivity (Wildman–Crippen MR) is 105 cm³/mol. The van der Waals surface area contributed by atoms with E-state index >= 15 is 0 Å². The van der Waals surface area contributed by atoms with Gasteiger partial charge in [-0.05, 0) is 52.5 Å². The van der Waals surface area contributed by atoms with Gasteiger partial charge in [-0.15, -0.1) is 0 Å². The van der Waals surface area contributed by atoms with E-state index in [9.17, 15) is 9.59 Å². The summed E-state index contributed by atoms with van der Waals surface area (Å²) in [5, 5.41) is 3.14. The lowest BCUT2D eigenvalue weighted by Crippen LogP contribution is -2.60. The highest BCUT2D eigenvalue weighted by Crippen LogP contribution is 2.46. The molecule has 5 heteroatoms. The summed E-state index contributed by atoms with van der Waals surface area (Å²) >= 11 is 0. The maximum Gasteiger partial charge on any atom is 0.408 e. The minimum atomic E-state index is -0.528. The SMILES string of the molecule is CC1C(=O)N([C@H](C)c2ccccc2)C[C@@H]1C1(NC(=O)OC(C)(C)C)CCC1. The Balaban J connectivity index is 1.75. The van der Waals surface area contributed by atoms with Crippen LogP contribution >= 0.6 is 0 Å². The van der Waals surface area contributed by atoms with Gasteiger partial charge in [0, 0.05) is 23.9 Å². The van der Waals surface area contributed by atoms with Gasteiger partial charge in [-0.25, -0.2) is 4.79 Å². The average molecular weight is 373 g/mol. The Kier molecular flexibility index (Phi) is 5.24. The Morgan fingerprint density at radius 2 is 1.89 bits per heavy atom. The number of ether oxygens (including phenoxy) is 1. The Labute approximate surface area is 162 Å². The van der Waals surface area contributed by atoms with Crippen molar-refractivity contribution in [3.63, 3.8) is 0 Å². The zero-order chi connectivity index (χ0) is 19.8. The lowest BCUT2D eigenvalue weighted by atomic mass is 9.65. The molecule has 3 rings (SSSR count). The van der Waals surface area contributed by atoms with Crippen molar-refractivity contribution in [2.75, 3.05) is 6.54 Å². The van der Waals surface area contributed by atoms with Crippen LogP contribution in [-0.4, -0.2) is 34.6 Å². The van der Waals surface area contributed by atoms with Crippen molar-refractivity contribution < 1.29 is 14.3 Å². The molecule has 1 saturated heterocycles. The third kappa shape index (κ3) is 3.97. The highest BCUT2D eigenvalue weighted by Gasteiger charge is 2.54. The second kappa shape index (κ2) is 7.17. The van der Waals surface area contributed by atoms with Crippen molar-refractivity contribution in [2.45, 2.75) is 71.1 Å². The third-order valence-corrected chi connectivity index (χ3v) is 6.12. The van der Waals surface area contributed by atoms with Crippen molar-refractivity contribution in [3.8, 4) is 0 Å². The molecular formula is C22H32N2O3. The summed E-state index contributed by atoms with van der Waals surface area (Å²) in [6, 6.07) is 10.2. The number of carbonyl (C=O) groups is 2. The fourth-order valence-electron chi connectivity index (χ4n) is 4.46. The first-order valence-corrected chi connectivity index (χ1v) is 9.99. The van der Waals surface area contributed by atoms with Crippen LogP contribution < -0.4 is 5.32 Å². The van der Waals surface area contributed by atoms with Crippen LogP contribution in [0.5, 0.6) is 0 Å². The van der Waals surface area contributed by atoms with Crippen LogP contribution in [0.3, 0.4) is 0 Å². The monoisotopic (exact) mass is 372 g/mol. The molecule has 0 aromatic heterocycles. The smallest absolute Gasteiger partial charge is 0.408 e. The van der Waals surface area contributed by atoms with Gasteiger partial charge in [-0.1, -0.05) is 37.3 Å². The maximum atomic E-state index is 13.0. The largest absolute Gasteiger partial charge is 0.444 e. The molecule has 2 fully saturated rings. The second-order valence-electron chi connectivity index (χ2n) is 9.11. The molecule has 1 heterocycles. The van der Waals surface area contributed by atoms with Crippen LogP contribution in [0.2, 0.25) is 0 Å². The quantitative estimate of drug-likeness (QED) is 0.858. The Hall–Kier alpha value is -2.04. The van der Waals surface area contributed by atoms with Gasteiger partial charge >= 0.3 is 6.09 Å². The molecule has 2 aliphatic rings. The summed E-state index contributed by atoms with van der Waals surface area (Å²) < 4.78 is 5.49. The van der Waals surface area contributed by atoms with E-state index in [1.54, 1.807) is 0 Å². The normalized spacial score (nSPS) is 25.7. The number of benzene rings is 1. The van der Waals surface area contributed by atoms with Crippen molar-refractivity contribution >= 4 is 12.0 Å². The maximum absolute atomic E-state index is 13.0. The molecule has 2 amide bonds. The van der Waals surface area contributed by atoms with E-state index in [4.69, 9.17) is 4.74 Å². The van der Waals surface area contributed by atoms with Crippen LogP contribution in [-0.2, 0) is 9.53 Å². The van der Waals surface area contributed by atoms with Gasteiger partial charge in [0.05, 0.1) is 6.04 Å². The molecule has 1 saturated carbocycles. The lowest BCUT2D eigenvalue weighted by molar-refractivity contribution is -0.132. The van der Waals surface area contributed by atoms with E-state index in [2.05, 4.69) is 24.4 Å². The highest BCUT2D eigenvalue weighted by molar-refractivity contribution is 5.82. The van der Waals surface area contributed by atoms with Crippen LogP contribution in [0.25, 0.3) is 0 Å². The molecule has 1 aromatic carbocycles. The zero-order valence-corrected chi connectivity index (χ0v) is 17.1. The summed E-state index contributed by atoms with van der Waals surface area (Å²) in [6.07, 6.45) is 2.50. The molecular weight excluding hydrogens is 340 g/mol. The van der Waals surface area contributed by atoms with Gasteiger partial charge in [0.1, 0.15) is 5.60 Å². The molecule has 1 N–H and O–H groups in total. The summed E-state index contributed by atoms with van der Waals surface area (Å²) in [5.41, 5.74) is 0.282. The first-order valence-electron chi connectivity index (χ1n) is 9.99. The first-order chi connectivity index (χ1) is 12.6. The third-order valence-electron chi connectivity index (χ3n) is 6.12. The molecule has 1 aromatic rings. The molecule has 0 bridgehead atoms. The summed E-state index contributed by atoms with van der Waals surface area (Å²) in [6.45, 7) is 10.4. The van der Waals surface area contributed by atoms with Gasteiger partial charge in [0.15, 0.2) is 0 Å². The van der Waals surface area contributed by atoms with E-state index in [1.165, 1.54) is 0 Å². The Morgan fingerprint density at radius 3 is 2.41 bits per heavy atom. The van der Waals surface area contributed by atoms with E-state index in [1.807, 2.05) is 50.8 Å². The summed E-state index contributed by atoms with van der Waals surface area (Å²) in [5.74, 6) is 0.178. The number of nitrogens with one attached hydrogen (secondary N) is 1. The fraction of sp³-hybridized carbons (Fsp3) is 0.636. The van der Waals surface area contributed by atoms with Crippen LogP contribution in [0.15, 0.2) is 30.3 Å². The van der Waals surface area contributed by atoms with E-state index < -0.39 is 5.60 Å². The number of likely N-dealkylation sites (tertiary alicyclic amines) is 1. The van der Waals surface area contributed by atoms with E-state index in [-0.39, 0.29) is 35.4 Å². The van der Waals surface area contributed by atoms with Gasteiger partial charge < -0.3 is 15.0 Å². The van der Waals surface area contributed by atoms with E-state index in [0.29, 0.717) is 6.54 Å². The second-order valence-corrected chi connectivity index (χ2v) is 9.11. The van der Waals surface area contributed by atoms with Gasteiger partial charge in [-0.3, -0.25) is 4.79 Å². The highest BCUT2D eigenvalue weighted by atomic mass is 16.6. The Morgan fingerprint density at radius 1 is 1.26 bits per heavy atom. The van der Waals surface area contributed by atoms with Crippen LogP contribution in [0.4, 0.5) is 4.79 Å². The number of rotatable bonds is 4. The molecule has 0 spiro atoms. The molecule has 5 nitrogen and oxygen atoms in total. The summed E-state index contributed by atoms with van der Waals surface area (Å²) in [4.78, 5) is 27.4. The topological polar surface area (TPSA) is 58.6 Å². The van der Waals surface area contributed by atoms with E-state index in [0.717, 1.165) is 24.8 Å². The standard InChI is InChI=1S/C22H32N2O3/c1-15-18(22(12-9-13-22)23-20(26)27-21(3,4)5)14-24(19(15)25)16(2)17-10-7-6-8-11-17/h6-8,10-11,15-16,18H,9,12-14H2,1-5H3,(H,23,26)/t15?,16-,18+/m1/s1.